The fourth-order valence-corrected chi connectivity index (χ4v) is 5.06. The molecule has 0 saturated carbocycles. The van der Waals surface area contributed by atoms with E-state index in [1.54, 1.807) is 0 Å². The Morgan fingerprint density at radius 3 is 2.28 bits per heavy atom. The molecule has 1 heterocycles. The van der Waals surface area contributed by atoms with Gasteiger partial charge < -0.3 is 0 Å². The lowest BCUT2D eigenvalue weighted by Gasteiger charge is -2.22. The molecule has 150 valence electrons. The van der Waals surface area contributed by atoms with Crippen LogP contribution in [0, 0.1) is 0 Å². The van der Waals surface area contributed by atoms with Crippen LogP contribution < -0.4 is 0 Å². The van der Waals surface area contributed by atoms with Crippen molar-refractivity contribution in [1.82, 2.24) is 20.6 Å². The quantitative estimate of drug-likeness (QED) is 0.564. The number of aromatic nitrogens is 4. The van der Waals surface area contributed by atoms with E-state index in [-0.39, 0.29) is 10.8 Å². The first kappa shape index (κ1) is 19.6. The average Bonchev–Trinajstić information content (AvgIpc) is 3.26. The van der Waals surface area contributed by atoms with E-state index in [2.05, 4.69) is 92.5 Å². The van der Waals surface area contributed by atoms with Crippen LogP contribution in [0.3, 0.4) is 0 Å². The minimum absolute atomic E-state index is 0.215. The lowest BCUT2D eigenvalue weighted by molar-refractivity contribution is 0.403. The second kappa shape index (κ2) is 6.94. The number of hydrogen-bond donors (Lipinski definition) is 1. The molecule has 1 aromatic heterocycles. The first-order chi connectivity index (χ1) is 13.7. The van der Waals surface area contributed by atoms with Gasteiger partial charge in [-0.25, -0.2) is 0 Å². The van der Waals surface area contributed by atoms with E-state index < -0.39 is 0 Å². The molecule has 1 N–H and O–H groups in total. The maximum absolute atomic E-state index is 4.04. The zero-order valence-electron chi connectivity index (χ0n) is 18.3. The molecule has 0 radical (unpaired) electrons. The molecule has 0 bridgehead atoms. The second-order valence-corrected chi connectivity index (χ2v) is 9.54. The summed E-state index contributed by atoms with van der Waals surface area (Å²) in [4.78, 5) is 0. The summed E-state index contributed by atoms with van der Waals surface area (Å²) in [6.07, 6.45) is 4.51. The Hall–Kier alpha value is -2.75. The van der Waals surface area contributed by atoms with Gasteiger partial charge in [-0.2, -0.15) is 5.21 Å². The van der Waals surface area contributed by atoms with Gasteiger partial charge in [0.05, 0.1) is 0 Å². The topological polar surface area (TPSA) is 54.5 Å². The van der Waals surface area contributed by atoms with Gasteiger partial charge in [-0.1, -0.05) is 77.1 Å². The molecule has 0 unspecified atom stereocenters. The molecule has 0 amide bonds. The van der Waals surface area contributed by atoms with E-state index in [4.69, 9.17) is 0 Å². The number of nitrogens with one attached hydrogen (secondary N) is 1. The minimum atomic E-state index is 0.215. The summed E-state index contributed by atoms with van der Waals surface area (Å²) < 4.78 is 0. The highest BCUT2D eigenvalue weighted by molar-refractivity contribution is 5.83. The van der Waals surface area contributed by atoms with Crippen molar-refractivity contribution in [3.63, 3.8) is 0 Å². The third-order valence-electron chi connectivity index (χ3n) is 6.29. The average molecular weight is 387 g/mol. The SMILES string of the molecule is CCc1cc2c(cc1C(C)=Cc1ccc(-c3nn[nH]n3)cc1)C(C)(C)CC2(C)C. The van der Waals surface area contributed by atoms with Crippen LogP contribution in [0.5, 0.6) is 0 Å². The summed E-state index contributed by atoms with van der Waals surface area (Å²) in [6.45, 7) is 14.0. The molecule has 0 saturated heterocycles. The Kier molecular flexibility index (Phi) is 4.68. The van der Waals surface area contributed by atoms with E-state index in [1.807, 2.05) is 12.1 Å². The van der Waals surface area contributed by atoms with Gasteiger partial charge in [0.1, 0.15) is 0 Å². The molecule has 1 aliphatic rings. The van der Waals surface area contributed by atoms with Crippen LogP contribution >= 0.6 is 0 Å². The Bertz CT molecular complexity index is 1050. The van der Waals surface area contributed by atoms with Gasteiger partial charge in [-0.15, -0.1) is 10.2 Å². The summed E-state index contributed by atoms with van der Waals surface area (Å²) in [7, 11) is 0. The maximum atomic E-state index is 4.04. The van der Waals surface area contributed by atoms with Crippen molar-refractivity contribution in [2.45, 2.75) is 65.2 Å². The molecule has 0 atom stereocenters. The lowest BCUT2D eigenvalue weighted by Crippen LogP contribution is -2.18. The van der Waals surface area contributed by atoms with Gasteiger partial charge in [0, 0.05) is 5.56 Å². The Labute approximate surface area is 173 Å². The molecule has 2 aromatic carbocycles. The summed E-state index contributed by atoms with van der Waals surface area (Å²) in [6, 6.07) is 13.2. The maximum Gasteiger partial charge on any atom is 0.204 e. The fourth-order valence-electron chi connectivity index (χ4n) is 5.06. The van der Waals surface area contributed by atoms with Gasteiger partial charge >= 0.3 is 0 Å². The number of H-pyrrole nitrogens is 1. The second-order valence-electron chi connectivity index (χ2n) is 9.54. The highest BCUT2D eigenvalue weighted by Gasteiger charge is 2.42. The largest absolute Gasteiger partial charge is 0.204 e. The van der Waals surface area contributed by atoms with Crippen molar-refractivity contribution < 1.29 is 0 Å². The van der Waals surface area contributed by atoms with Crippen molar-refractivity contribution >= 4 is 11.6 Å². The molecule has 1 aliphatic carbocycles. The number of aromatic amines is 1. The van der Waals surface area contributed by atoms with Crippen molar-refractivity contribution in [1.29, 1.82) is 0 Å². The number of fused-ring (bicyclic) bond motifs is 1. The first-order valence-corrected chi connectivity index (χ1v) is 10.4. The van der Waals surface area contributed by atoms with E-state index in [1.165, 1.54) is 39.8 Å². The van der Waals surface area contributed by atoms with Crippen LogP contribution in [0.2, 0.25) is 0 Å². The van der Waals surface area contributed by atoms with Crippen LogP contribution in [-0.4, -0.2) is 20.6 Å². The smallest absolute Gasteiger partial charge is 0.177 e. The van der Waals surface area contributed by atoms with Crippen LogP contribution in [0.4, 0.5) is 0 Å². The van der Waals surface area contributed by atoms with Gasteiger partial charge in [-0.3, -0.25) is 0 Å². The van der Waals surface area contributed by atoms with Crippen LogP contribution in [0.15, 0.2) is 36.4 Å². The number of hydrogen-bond acceptors (Lipinski definition) is 3. The highest BCUT2D eigenvalue weighted by atomic mass is 15.5. The molecule has 29 heavy (non-hydrogen) atoms. The number of allylic oxidation sites excluding steroid dienone is 1. The lowest BCUT2D eigenvalue weighted by atomic mass is 9.82. The molecule has 4 rings (SSSR count). The van der Waals surface area contributed by atoms with E-state index >= 15 is 0 Å². The van der Waals surface area contributed by atoms with E-state index in [0.29, 0.717) is 5.82 Å². The first-order valence-electron chi connectivity index (χ1n) is 10.4. The molecule has 3 aromatic rings. The number of nitrogens with zero attached hydrogens (tertiary/aromatic N) is 3. The molecule has 4 nitrogen and oxygen atoms in total. The van der Waals surface area contributed by atoms with Crippen LogP contribution in [0.25, 0.3) is 23.0 Å². The number of benzene rings is 2. The normalized spacial score (nSPS) is 17.4. The Balaban J connectivity index is 1.73. The Morgan fingerprint density at radius 1 is 1.03 bits per heavy atom. The monoisotopic (exact) mass is 386 g/mol. The molecule has 0 fully saturated rings. The summed E-state index contributed by atoms with van der Waals surface area (Å²) in [5, 5.41) is 14.2. The van der Waals surface area contributed by atoms with Gasteiger partial charge in [-0.05, 0) is 69.2 Å². The van der Waals surface area contributed by atoms with Crippen molar-refractivity contribution in [2.24, 2.45) is 0 Å². The van der Waals surface area contributed by atoms with Crippen molar-refractivity contribution in [3.8, 4) is 11.4 Å². The molecule has 4 heteroatoms. The Morgan fingerprint density at radius 2 is 1.69 bits per heavy atom. The van der Waals surface area contributed by atoms with Crippen molar-refractivity contribution in [3.05, 3.63) is 64.2 Å². The zero-order valence-corrected chi connectivity index (χ0v) is 18.3. The van der Waals surface area contributed by atoms with Crippen molar-refractivity contribution in [2.75, 3.05) is 0 Å². The molecule has 0 spiro atoms. The standard InChI is InChI=1S/C25H30N4/c1-7-18-13-21-22(25(5,6)15-24(21,3)4)14-20(18)16(2)12-17-8-10-19(11-9-17)23-26-28-29-27-23/h8-14H,7,15H2,1-6H3,(H,26,27,28,29). The number of rotatable bonds is 4. The predicted molar refractivity (Wildman–Crippen MR) is 120 cm³/mol. The number of tetrazole rings is 1. The number of aryl methyl sites for hydroxylation is 1. The molecular formula is C25H30N4. The van der Waals surface area contributed by atoms with Crippen LogP contribution in [0.1, 0.15) is 75.8 Å². The molecular weight excluding hydrogens is 356 g/mol. The predicted octanol–water partition coefficient (Wildman–Crippen LogP) is 5.95. The van der Waals surface area contributed by atoms with Gasteiger partial charge in [0.2, 0.25) is 5.82 Å². The summed E-state index contributed by atoms with van der Waals surface area (Å²) in [5.41, 5.74) is 9.75. The third kappa shape index (κ3) is 3.52. The zero-order chi connectivity index (χ0) is 20.8. The summed E-state index contributed by atoms with van der Waals surface area (Å²) >= 11 is 0. The highest BCUT2D eigenvalue weighted by Crippen LogP contribution is 2.50. The van der Waals surface area contributed by atoms with Gasteiger partial charge in [0.15, 0.2) is 0 Å². The fraction of sp³-hybridized carbons (Fsp3) is 0.400. The molecule has 0 aliphatic heterocycles. The minimum Gasteiger partial charge on any atom is -0.177 e. The van der Waals surface area contributed by atoms with E-state index in [0.717, 1.165) is 12.0 Å². The third-order valence-corrected chi connectivity index (χ3v) is 6.29. The van der Waals surface area contributed by atoms with Gasteiger partial charge in [0.25, 0.3) is 0 Å². The van der Waals surface area contributed by atoms with E-state index in [9.17, 15) is 0 Å². The summed E-state index contributed by atoms with van der Waals surface area (Å²) in [5.74, 6) is 0.619. The van der Waals surface area contributed by atoms with Crippen LogP contribution in [-0.2, 0) is 17.3 Å².